The lowest BCUT2D eigenvalue weighted by Gasteiger charge is -2.49. The van der Waals surface area contributed by atoms with Gasteiger partial charge in [0.15, 0.2) is 0 Å². The molecular formula is C41H43FN4O6. The van der Waals surface area contributed by atoms with E-state index in [9.17, 15) is 29.3 Å². The fourth-order valence-corrected chi connectivity index (χ4v) is 7.93. The van der Waals surface area contributed by atoms with Crippen molar-refractivity contribution in [3.05, 3.63) is 135 Å². The quantitative estimate of drug-likeness (QED) is 0.0890. The number of phenols is 1. The molecule has 1 amide bonds. The summed E-state index contributed by atoms with van der Waals surface area (Å²) < 4.78 is 20.7. The Morgan fingerprint density at radius 1 is 0.981 bits per heavy atom. The molecule has 3 aliphatic rings. The molecule has 1 unspecified atom stereocenters. The Morgan fingerprint density at radius 3 is 2.54 bits per heavy atom. The number of benzene rings is 4. The van der Waals surface area contributed by atoms with Crippen LogP contribution in [-0.2, 0) is 13.0 Å². The smallest absolute Gasteiger partial charge is 0.412 e. The molecule has 0 aliphatic carbocycles. The average Bonchev–Trinajstić information content (AvgIpc) is 3.15. The zero-order valence-corrected chi connectivity index (χ0v) is 28.7. The number of carboxylic acid groups (broad SMARTS) is 1. The van der Waals surface area contributed by atoms with E-state index in [-0.39, 0.29) is 36.2 Å². The number of H-pyrrole nitrogens is 1. The zero-order chi connectivity index (χ0) is 36.2. The van der Waals surface area contributed by atoms with Gasteiger partial charge in [-0.3, -0.25) is 9.69 Å². The summed E-state index contributed by atoms with van der Waals surface area (Å²) in [5.41, 5.74) is 3.74. The van der Waals surface area contributed by atoms with E-state index in [0.717, 1.165) is 43.6 Å². The molecule has 3 saturated heterocycles. The van der Waals surface area contributed by atoms with Crippen LogP contribution >= 0.6 is 0 Å². The van der Waals surface area contributed by atoms with Gasteiger partial charge in [-0.05, 0) is 109 Å². The molecule has 5 N–H and O–H groups in total. The first kappa shape index (κ1) is 35.2. The van der Waals surface area contributed by atoms with Crippen molar-refractivity contribution in [2.45, 2.75) is 38.0 Å². The van der Waals surface area contributed by atoms with Crippen LogP contribution in [0.2, 0.25) is 0 Å². The summed E-state index contributed by atoms with van der Waals surface area (Å²) in [6.45, 7) is 3.96. The lowest BCUT2D eigenvalue weighted by atomic mass is 9.73. The van der Waals surface area contributed by atoms with E-state index in [1.165, 1.54) is 29.2 Å². The van der Waals surface area contributed by atoms with Crippen molar-refractivity contribution in [3.8, 4) is 11.5 Å². The van der Waals surface area contributed by atoms with Crippen molar-refractivity contribution in [1.29, 1.82) is 0 Å². The van der Waals surface area contributed by atoms with Crippen LogP contribution in [0.1, 0.15) is 47.2 Å². The van der Waals surface area contributed by atoms with Crippen molar-refractivity contribution in [1.82, 2.24) is 15.2 Å². The minimum Gasteiger partial charge on any atom is -0.506 e. The highest BCUT2D eigenvalue weighted by atomic mass is 19.1. The second-order valence-corrected chi connectivity index (χ2v) is 13.8. The zero-order valence-electron chi connectivity index (χ0n) is 28.7. The van der Waals surface area contributed by atoms with Crippen LogP contribution in [-0.4, -0.2) is 64.0 Å². The van der Waals surface area contributed by atoms with Gasteiger partial charge in [0.2, 0.25) is 5.56 Å². The Hall–Kier alpha value is -5.23. The maximum absolute atomic E-state index is 14.5. The first-order valence-corrected chi connectivity index (χ1v) is 17.8. The molecule has 3 atom stereocenters. The van der Waals surface area contributed by atoms with Gasteiger partial charge in [-0.15, -0.1) is 0 Å². The molecular weight excluding hydrogens is 663 g/mol. The van der Waals surface area contributed by atoms with E-state index < -0.39 is 18.2 Å². The number of aromatic hydroxyl groups is 1. The number of hydrogen-bond acceptors (Lipinski definition) is 7. The molecule has 0 saturated carbocycles. The Labute approximate surface area is 301 Å². The van der Waals surface area contributed by atoms with Gasteiger partial charge in [0.1, 0.15) is 23.9 Å². The number of aromatic nitrogens is 1. The topological polar surface area (TPSA) is 138 Å². The maximum atomic E-state index is 14.5. The minimum atomic E-state index is -1.09. The Kier molecular flexibility index (Phi) is 10.5. The van der Waals surface area contributed by atoms with E-state index in [1.54, 1.807) is 36.4 Å². The van der Waals surface area contributed by atoms with Gasteiger partial charge in [-0.1, -0.05) is 48.5 Å². The number of halogens is 1. The lowest BCUT2D eigenvalue weighted by Crippen LogP contribution is -2.53. The summed E-state index contributed by atoms with van der Waals surface area (Å²) in [6.07, 6.45) is 0.774. The van der Waals surface area contributed by atoms with Gasteiger partial charge in [-0.25, -0.2) is 9.18 Å². The number of nitrogens with one attached hydrogen (secondary N) is 2. The van der Waals surface area contributed by atoms with Crippen LogP contribution in [0, 0.1) is 17.7 Å². The van der Waals surface area contributed by atoms with E-state index >= 15 is 0 Å². The summed E-state index contributed by atoms with van der Waals surface area (Å²) in [5, 5.41) is 35.5. The fourth-order valence-electron chi connectivity index (χ4n) is 7.93. The number of carbonyl (C=O) groups is 1. The van der Waals surface area contributed by atoms with Crippen molar-refractivity contribution >= 4 is 22.7 Å². The van der Waals surface area contributed by atoms with E-state index in [2.05, 4.69) is 21.3 Å². The van der Waals surface area contributed by atoms with Crippen LogP contribution in [0.5, 0.6) is 11.5 Å². The third-order valence-electron chi connectivity index (χ3n) is 10.5. The van der Waals surface area contributed by atoms with Gasteiger partial charge >= 0.3 is 6.09 Å². The van der Waals surface area contributed by atoms with Gasteiger partial charge in [0, 0.05) is 30.6 Å². The molecule has 0 spiro atoms. The highest BCUT2D eigenvalue weighted by Crippen LogP contribution is 2.44. The highest BCUT2D eigenvalue weighted by molar-refractivity contribution is 5.88. The largest absolute Gasteiger partial charge is 0.506 e. The normalized spacial score (nSPS) is 19.3. The number of amides is 1. The van der Waals surface area contributed by atoms with Gasteiger partial charge in [0.25, 0.3) is 0 Å². The summed E-state index contributed by atoms with van der Waals surface area (Å²) in [5.74, 6) is 0.487. The van der Waals surface area contributed by atoms with Crippen LogP contribution in [0.3, 0.4) is 0 Å². The molecule has 52 heavy (non-hydrogen) atoms. The number of rotatable bonds is 13. The SMILES string of the molecule is O=C(O)N(c1cccc(OCc2cccc(CCNC[C@H](O)c3ccc(O)c4[nH]c(=O)ccc34)c2)c1)[C@@H](c1cccc(F)c1)C1CN2CCC1CC2. The number of phenolic OH excluding ortho intramolecular Hbond substituents is 1. The molecule has 11 heteroatoms. The molecule has 1 aromatic heterocycles. The Morgan fingerprint density at radius 2 is 1.77 bits per heavy atom. The molecule has 5 aromatic rings. The second kappa shape index (κ2) is 15.6. The van der Waals surface area contributed by atoms with Gasteiger partial charge in [-0.2, -0.15) is 0 Å². The number of piperidine rings is 3. The van der Waals surface area contributed by atoms with Crippen LogP contribution in [0.15, 0.2) is 102 Å². The molecule has 10 nitrogen and oxygen atoms in total. The number of aliphatic hydroxyl groups is 1. The second-order valence-electron chi connectivity index (χ2n) is 13.8. The summed E-state index contributed by atoms with van der Waals surface area (Å²) in [4.78, 5) is 31.1. The van der Waals surface area contributed by atoms with Crippen LogP contribution in [0.25, 0.3) is 10.9 Å². The fraction of sp³-hybridized carbons (Fsp3) is 0.317. The highest BCUT2D eigenvalue weighted by Gasteiger charge is 2.43. The Balaban J connectivity index is 0.995. The van der Waals surface area contributed by atoms with Crippen molar-refractivity contribution in [3.63, 3.8) is 0 Å². The number of hydrogen-bond donors (Lipinski definition) is 5. The van der Waals surface area contributed by atoms with Crippen LogP contribution in [0.4, 0.5) is 14.9 Å². The number of ether oxygens (including phenoxy) is 1. The number of aromatic amines is 1. The summed E-state index contributed by atoms with van der Waals surface area (Å²) >= 11 is 0. The number of nitrogens with zero attached hydrogens (tertiary/aromatic N) is 2. The third-order valence-corrected chi connectivity index (χ3v) is 10.5. The van der Waals surface area contributed by atoms with Gasteiger partial charge < -0.3 is 35.3 Å². The third kappa shape index (κ3) is 7.81. The van der Waals surface area contributed by atoms with Crippen LogP contribution < -0.4 is 20.5 Å². The van der Waals surface area contributed by atoms with Crippen molar-refractivity contribution < 1.29 is 29.2 Å². The number of fused-ring (bicyclic) bond motifs is 4. The predicted octanol–water partition coefficient (Wildman–Crippen LogP) is 6.39. The molecule has 8 rings (SSSR count). The molecule has 0 radical (unpaired) electrons. The number of anilines is 1. The lowest BCUT2D eigenvalue weighted by molar-refractivity contribution is 0.0358. The molecule has 4 aromatic carbocycles. The molecule has 2 bridgehead atoms. The first-order chi connectivity index (χ1) is 25.2. The van der Waals surface area contributed by atoms with Gasteiger partial charge in [0.05, 0.1) is 23.3 Å². The standard InChI is InChI=1S/C41H43FN4O6/c42-30-7-2-6-29(21-30)40(35-24-45-18-15-28(35)16-19-45)46(41(50)51)31-8-3-9-32(22-31)52-25-27-5-1-4-26(20-27)14-17-43-23-37(48)33-10-12-36(47)39-34(33)11-13-38(49)44-39/h1-13,20-22,28,35,37,40,43,47-48H,14-19,23-25H2,(H,44,49)(H,50,51)/t35?,37-,40-/m0/s1. The van der Waals surface area contributed by atoms with E-state index in [4.69, 9.17) is 4.74 Å². The van der Waals surface area contributed by atoms with E-state index in [0.29, 0.717) is 52.4 Å². The summed E-state index contributed by atoms with van der Waals surface area (Å²) in [6, 6.07) is 27.0. The molecule has 3 fully saturated rings. The number of pyridine rings is 1. The molecule has 4 heterocycles. The number of aliphatic hydroxyl groups excluding tert-OH is 1. The minimum absolute atomic E-state index is 0.0324. The Bertz CT molecular complexity index is 2100. The molecule has 3 aliphatic heterocycles. The van der Waals surface area contributed by atoms with E-state index in [1.807, 2.05) is 30.3 Å². The average molecular weight is 707 g/mol. The predicted molar refractivity (Wildman–Crippen MR) is 197 cm³/mol. The van der Waals surface area contributed by atoms with Crippen molar-refractivity contribution in [2.75, 3.05) is 37.6 Å². The maximum Gasteiger partial charge on any atom is 0.412 e. The summed E-state index contributed by atoms with van der Waals surface area (Å²) in [7, 11) is 0. The molecule has 270 valence electrons. The first-order valence-electron chi connectivity index (χ1n) is 17.8. The monoisotopic (exact) mass is 706 g/mol. The van der Waals surface area contributed by atoms with Crippen molar-refractivity contribution in [2.24, 2.45) is 11.8 Å².